The van der Waals surface area contributed by atoms with Gasteiger partial charge in [-0.15, -0.1) is 0 Å². The Morgan fingerprint density at radius 3 is 2.50 bits per heavy atom. The monoisotopic (exact) mass is 88.1 g/mol. The lowest BCUT2D eigenvalue weighted by atomic mass is 10.4. The second-order valence-corrected chi connectivity index (χ2v) is 1.27. The number of nitrogens with two attached hydrogens (primary N) is 1. The van der Waals surface area contributed by atoms with E-state index in [0.717, 1.165) is 0 Å². The van der Waals surface area contributed by atoms with Crippen LogP contribution in [0.3, 0.4) is 0 Å². The van der Waals surface area contributed by atoms with Crippen LogP contribution in [0.4, 0.5) is 0 Å². The lowest BCUT2D eigenvalue weighted by molar-refractivity contribution is 0.109. The van der Waals surface area contributed by atoms with Crippen LogP contribution < -0.4 is 11.6 Å². The maximum Gasteiger partial charge on any atom is 0.0868 e. The van der Waals surface area contributed by atoms with E-state index in [2.05, 4.69) is 4.84 Å². The van der Waals surface area contributed by atoms with Crippen molar-refractivity contribution in [3.05, 3.63) is 0 Å². The SMILES string of the molecule is C[C@H](N)CO[N]. The van der Waals surface area contributed by atoms with E-state index in [9.17, 15) is 0 Å². The minimum absolute atomic E-state index is 0.0741. The van der Waals surface area contributed by atoms with Gasteiger partial charge in [-0.2, -0.15) is 0 Å². The number of hydrogen-bond acceptors (Lipinski definition) is 2. The molecule has 0 rings (SSSR count). The molecule has 0 aliphatic rings. The van der Waals surface area contributed by atoms with Gasteiger partial charge in [0.05, 0.1) is 6.61 Å². The summed E-state index contributed by atoms with van der Waals surface area (Å²) in [5, 5.41) is 0. The topological polar surface area (TPSA) is 57.5 Å². The summed E-state index contributed by atoms with van der Waals surface area (Å²) in [5.41, 5.74) is 5.12. The molecule has 0 fully saturated rings. The molecule has 0 aliphatic heterocycles. The van der Waals surface area contributed by atoms with Crippen molar-refractivity contribution in [1.29, 1.82) is 0 Å². The fraction of sp³-hybridized carbons (Fsp3) is 1.00. The largest absolute Gasteiger partial charge is 0.326 e. The summed E-state index contributed by atoms with van der Waals surface area (Å²) < 4.78 is 0. The van der Waals surface area contributed by atoms with E-state index in [0.29, 0.717) is 0 Å². The standard InChI is InChI=1S/C3H8N2O/c1-3(4)2-6-5/h3H,2,4H2,1H3/t3-/m0/s1. The van der Waals surface area contributed by atoms with Crippen LogP contribution in [0.15, 0.2) is 0 Å². The van der Waals surface area contributed by atoms with Gasteiger partial charge in [-0.25, -0.2) is 0 Å². The smallest absolute Gasteiger partial charge is 0.0868 e. The molecule has 6 heavy (non-hydrogen) atoms. The first-order chi connectivity index (χ1) is 2.77. The van der Waals surface area contributed by atoms with E-state index in [4.69, 9.17) is 11.6 Å². The summed E-state index contributed by atoms with van der Waals surface area (Å²) in [6.07, 6.45) is 0. The molecule has 3 heteroatoms. The predicted molar refractivity (Wildman–Crippen MR) is 21.7 cm³/mol. The first kappa shape index (κ1) is 5.88. The van der Waals surface area contributed by atoms with Crippen LogP contribution >= 0.6 is 0 Å². The van der Waals surface area contributed by atoms with Crippen molar-refractivity contribution in [3.8, 4) is 0 Å². The summed E-state index contributed by atoms with van der Waals surface area (Å²) in [5.74, 6) is 7.66. The van der Waals surface area contributed by atoms with Gasteiger partial charge in [0.25, 0.3) is 0 Å². The zero-order valence-corrected chi connectivity index (χ0v) is 3.72. The normalized spacial score (nSPS) is 14.5. The lowest BCUT2D eigenvalue weighted by Crippen LogP contribution is -2.21. The van der Waals surface area contributed by atoms with E-state index in [1.807, 2.05) is 0 Å². The van der Waals surface area contributed by atoms with Gasteiger partial charge < -0.3 is 5.73 Å². The van der Waals surface area contributed by atoms with Crippen molar-refractivity contribution in [3.63, 3.8) is 0 Å². The highest BCUT2D eigenvalue weighted by atomic mass is 16.6. The van der Waals surface area contributed by atoms with E-state index in [-0.39, 0.29) is 12.6 Å². The molecule has 0 spiro atoms. The third kappa shape index (κ3) is 3.88. The molecule has 36 valence electrons. The summed E-state index contributed by atoms with van der Waals surface area (Å²) >= 11 is 0. The maximum absolute atomic E-state index is 7.66. The highest BCUT2D eigenvalue weighted by Crippen LogP contribution is 1.70. The predicted octanol–water partition coefficient (Wildman–Crippen LogP) is -0.666. The molecule has 0 aromatic carbocycles. The molecule has 1 atom stereocenters. The van der Waals surface area contributed by atoms with E-state index >= 15 is 0 Å². The minimum atomic E-state index is -0.0741. The molecule has 0 aromatic rings. The van der Waals surface area contributed by atoms with E-state index < -0.39 is 0 Å². The minimum Gasteiger partial charge on any atom is -0.326 e. The van der Waals surface area contributed by atoms with Crippen molar-refractivity contribution < 1.29 is 4.84 Å². The van der Waals surface area contributed by atoms with Crippen molar-refractivity contribution in [2.24, 2.45) is 5.73 Å². The van der Waals surface area contributed by atoms with Gasteiger partial charge in [-0.05, 0) is 6.92 Å². The first-order valence-corrected chi connectivity index (χ1v) is 1.79. The molecular weight excluding hydrogens is 80.0 g/mol. The Labute approximate surface area is 37.2 Å². The Kier molecular flexibility index (Phi) is 3.02. The first-order valence-electron chi connectivity index (χ1n) is 1.79. The summed E-state index contributed by atoms with van der Waals surface area (Å²) in [7, 11) is 0. The van der Waals surface area contributed by atoms with Crippen LogP contribution in [0.25, 0.3) is 0 Å². The zero-order valence-electron chi connectivity index (χ0n) is 3.72. The molecule has 0 aromatic heterocycles. The van der Waals surface area contributed by atoms with Gasteiger partial charge in [0.1, 0.15) is 0 Å². The van der Waals surface area contributed by atoms with Gasteiger partial charge in [0.15, 0.2) is 0 Å². The van der Waals surface area contributed by atoms with Crippen LogP contribution in [-0.2, 0) is 4.84 Å². The van der Waals surface area contributed by atoms with Crippen LogP contribution in [-0.4, -0.2) is 12.6 Å². The molecule has 0 saturated heterocycles. The Bertz CT molecular complexity index is 30.0. The van der Waals surface area contributed by atoms with Gasteiger partial charge in [0.2, 0.25) is 0 Å². The van der Waals surface area contributed by atoms with Crippen molar-refractivity contribution in [1.82, 2.24) is 5.90 Å². The van der Waals surface area contributed by atoms with Crippen LogP contribution in [0.5, 0.6) is 0 Å². The third-order valence-electron chi connectivity index (χ3n) is 0.337. The average Bonchev–Trinajstić information content (AvgIpc) is 1.35. The molecule has 0 unspecified atom stereocenters. The second-order valence-electron chi connectivity index (χ2n) is 1.27. The summed E-state index contributed by atoms with van der Waals surface area (Å²) in [6, 6.07) is -0.0741. The Hall–Kier alpha value is -0.120. The zero-order chi connectivity index (χ0) is 4.99. The average molecular weight is 88.1 g/mol. The quantitative estimate of drug-likeness (QED) is 0.455. The van der Waals surface area contributed by atoms with E-state index in [1.54, 1.807) is 6.92 Å². The van der Waals surface area contributed by atoms with Crippen molar-refractivity contribution >= 4 is 0 Å². The van der Waals surface area contributed by atoms with E-state index in [1.165, 1.54) is 0 Å². The second kappa shape index (κ2) is 3.08. The molecule has 0 bridgehead atoms. The molecular formula is C3H8N2O. The number of nitrogens with zero attached hydrogens (tertiary/aromatic N) is 1. The molecule has 0 aliphatic carbocycles. The molecule has 3 nitrogen and oxygen atoms in total. The number of hydrogen-bond donors (Lipinski definition) is 1. The third-order valence-corrected chi connectivity index (χ3v) is 0.337. The number of rotatable bonds is 2. The van der Waals surface area contributed by atoms with Gasteiger partial charge in [-0.3, -0.25) is 4.84 Å². The summed E-state index contributed by atoms with van der Waals surface area (Å²) in [6.45, 7) is 1.95. The lowest BCUT2D eigenvalue weighted by Gasteiger charge is -1.95. The van der Waals surface area contributed by atoms with Gasteiger partial charge >= 0.3 is 0 Å². The fourth-order valence-electron chi connectivity index (χ4n) is 0.118. The molecule has 2 radical (unpaired) electrons. The van der Waals surface area contributed by atoms with Gasteiger partial charge in [0, 0.05) is 11.9 Å². The highest BCUT2D eigenvalue weighted by Gasteiger charge is 1.87. The van der Waals surface area contributed by atoms with Gasteiger partial charge in [-0.1, -0.05) is 0 Å². The molecule has 0 amide bonds. The Morgan fingerprint density at radius 1 is 2.00 bits per heavy atom. The fourth-order valence-corrected chi connectivity index (χ4v) is 0.118. The molecule has 0 heterocycles. The van der Waals surface area contributed by atoms with Crippen molar-refractivity contribution in [2.75, 3.05) is 6.61 Å². The highest BCUT2D eigenvalue weighted by molar-refractivity contribution is 4.45. The summed E-state index contributed by atoms with van der Waals surface area (Å²) in [4.78, 5) is 3.68. The Balaban J connectivity index is 2.63. The maximum atomic E-state index is 7.66. The van der Waals surface area contributed by atoms with Crippen LogP contribution in [0.1, 0.15) is 6.92 Å². The van der Waals surface area contributed by atoms with Crippen molar-refractivity contribution in [2.45, 2.75) is 13.0 Å². The van der Waals surface area contributed by atoms with Crippen LogP contribution in [0, 0.1) is 0 Å². The Morgan fingerprint density at radius 2 is 2.50 bits per heavy atom. The molecule has 2 N–H and O–H groups in total. The molecule has 0 saturated carbocycles. The van der Waals surface area contributed by atoms with Crippen LogP contribution in [0.2, 0.25) is 0 Å².